The van der Waals surface area contributed by atoms with Gasteiger partial charge in [-0.05, 0) is 55.8 Å². The van der Waals surface area contributed by atoms with Gasteiger partial charge in [-0.25, -0.2) is 0 Å². The molecule has 0 spiro atoms. The second-order valence-corrected chi connectivity index (χ2v) is 10.1. The Bertz CT molecular complexity index is 1120. The largest absolute Gasteiger partial charge is 0.484 e. The number of carbonyl (C=O) groups excluding carboxylic acids is 2. The van der Waals surface area contributed by atoms with Crippen LogP contribution in [-0.4, -0.2) is 35.4 Å². The molecular weight excluding hydrogens is 551 g/mol. The van der Waals surface area contributed by atoms with E-state index in [0.29, 0.717) is 27.8 Å². The molecule has 35 heavy (non-hydrogen) atoms. The van der Waals surface area contributed by atoms with Crippen molar-refractivity contribution < 1.29 is 14.3 Å². The van der Waals surface area contributed by atoms with Crippen molar-refractivity contribution in [1.29, 1.82) is 0 Å². The molecule has 0 saturated carbocycles. The van der Waals surface area contributed by atoms with E-state index in [-0.39, 0.29) is 31.0 Å². The second kappa shape index (κ2) is 13.0. The lowest BCUT2D eigenvalue weighted by Gasteiger charge is -2.32. The van der Waals surface area contributed by atoms with Crippen LogP contribution < -0.4 is 10.1 Å². The van der Waals surface area contributed by atoms with Gasteiger partial charge in [-0.3, -0.25) is 9.59 Å². The molecule has 8 heteroatoms. The fourth-order valence-electron chi connectivity index (χ4n) is 3.55. The van der Waals surface area contributed by atoms with Crippen LogP contribution in [0, 0.1) is 0 Å². The van der Waals surface area contributed by atoms with Crippen molar-refractivity contribution in [2.24, 2.45) is 0 Å². The zero-order valence-electron chi connectivity index (χ0n) is 19.5. The highest BCUT2D eigenvalue weighted by molar-refractivity contribution is 9.10. The average molecular weight is 578 g/mol. The van der Waals surface area contributed by atoms with Gasteiger partial charge in [0.2, 0.25) is 5.91 Å². The minimum absolute atomic E-state index is 0.0596. The van der Waals surface area contributed by atoms with Gasteiger partial charge in [0.15, 0.2) is 6.61 Å². The Balaban J connectivity index is 1.95. The molecule has 3 aromatic rings. The predicted octanol–water partition coefficient (Wildman–Crippen LogP) is 6.30. The minimum Gasteiger partial charge on any atom is -0.484 e. The Morgan fingerprint density at radius 1 is 0.943 bits per heavy atom. The summed E-state index contributed by atoms with van der Waals surface area (Å²) in [5.74, 6) is -0.0729. The minimum atomic E-state index is -0.798. The Morgan fingerprint density at radius 3 is 2.17 bits per heavy atom. The van der Waals surface area contributed by atoms with Crippen LogP contribution in [-0.2, 0) is 22.6 Å². The Kier molecular flexibility index (Phi) is 10.0. The van der Waals surface area contributed by atoms with E-state index in [9.17, 15) is 9.59 Å². The maximum absolute atomic E-state index is 13.6. The van der Waals surface area contributed by atoms with E-state index in [1.165, 1.54) is 4.90 Å². The van der Waals surface area contributed by atoms with Crippen molar-refractivity contribution in [1.82, 2.24) is 10.2 Å². The fourth-order valence-corrected chi connectivity index (χ4v) is 4.33. The number of nitrogens with zero attached hydrogens (tertiary/aromatic N) is 1. The first-order chi connectivity index (χ1) is 16.7. The molecule has 184 valence electrons. The normalized spacial score (nSPS) is 11.7. The molecule has 3 aromatic carbocycles. The molecule has 1 atom stereocenters. The SMILES string of the molecule is CC(C)NC(=O)[C@H](Cc1ccccc1)N(Cc1c(Cl)cccc1Cl)C(=O)COc1ccc(Br)cc1. The molecule has 1 N–H and O–H groups in total. The average Bonchev–Trinajstić information content (AvgIpc) is 2.82. The van der Waals surface area contributed by atoms with Gasteiger partial charge >= 0.3 is 0 Å². The number of carbonyl (C=O) groups is 2. The lowest BCUT2D eigenvalue weighted by Crippen LogP contribution is -2.52. The van der Waals surface area contributed by atoms with E-state index in [0.717, 1.165) is 10.0 Å². The van der Waals surface area contributed by atoms with E-state index in [1.54, 1.807) is 30.3 Å². The summed E-state index contributed by atoms with van der Waals surface area (Å²) in [6.07, 6.45) is 0.325. The zero-order valence-corrected chi connectivity index (χ0v) is 22.6. The first kappa shape index (κ1) is 27.1. The first-order valence-corrected chi connectivity index (χ1v) is 12.7. The molecule has 0 aliphatic rings. The lowest BCUT2D eigenvalue weighted by molar-refractivity contribution is -0.143. The topological polar surface area (TPSA) is 58.6 Å². The smallest absolute Gasteiger partial charge is 0.261 e. The monoisotopic (exact) mass is 576 g/mol. The maximum Gasteiger partial charge on any atom is 0.261 e. The molecular formula is C27H27BrCl2N2O3. The van der Waals surface area contributed by atoms with Crippen molar-refractivity contribution in [2.75, 3.05) is 6.61 Å². The molecule has 0 unspecified atom stereocenters. The molecule has 0 heterocycles. The molecule has 0 aliphatic heterocycles. The fraction of sp³-hybridized carbons (Fsp3) is 0.259. The van der Waals surface area contributed by atoms with E-state index >= 15 is 0 Å². The predicted molar refractivity (Wildman–Crippen MR) is 144 cm³/mol. The highest BCUT2D eigenvalue weighted by Gasteiger charge is 2.32. The number of amides is 2. The van der Waals surface area contributed by atoms with Crippen LogP contribution in [0.25, 0.3) is 0 Å². The summed E-state index contributed by atoms with van der Waals surface area (Å²) in [4.78, 5) is 28.4. The van der Waals surface area contributed by atoms with Crippen LogP contribution in [0.4, 0.5) is 0 Å². The lowest BCUT2D eigenvalue weighted by atomic mass is 10.0. The van der Waals surface area contributed by atoms with Crippen molar-refractivity contribution in [3.8, 4) is 5.75 Å². The van der Waals surface area contributed by atoms with E-state index in [4.69, 9.17) is 27.9 Å². The van der Waals surface area contributed by atoms with Crippen molar-refractivity contribution >= 4 is 50.9 Å². The van der Waals surface area contributed by atoms with Gasteiger partial charge in [-0.1, -0.05) is 75.5 Å². The van der Waals surface area contributed by atoms with Crippen LogP contribution in [0.3, 0.4) is 0 Å². The van der Waals surface area contributed by atoms with Gasteiger partial charge in [-0.15, -0.1) is 0 Å². The van der Waals surface area contributed by atoms with Crippen LogP contribution in [0.5, 0.6) is 5.75 Å². The molecule has 0 aromatic heterocycles. The first-order valence-electron chi connectivity index (χ1n) is 11.2. The van der Waals surface area contributed by atoms with Crippen LogP contribution in [0.15, 0.2) is 77.3 Å². The molecule has 0 radical (unpaired) electrons. The third-order valence-corrected chi connectivity index (χ3v) is 6.51. The number of nitrogens with one attached hydrogen (secondary N) is 1. The summed E-state index contributed by atoms with van der Waals surface area (Å²) in [7, 11) is 0. The summed E-state index contributed by atoms with van der Waals surface area (Å²) in [5, 5.41) is 3.79. The van der Waals surface area contributed by atoms with Crippen molar-refractivity contribution in [2.45, 2.75) is 38.9 Å². The third-order valence-electron chi connectivity index (χ3n) is 5.27. The molecule has 0 bridgehead atoms. The van der Waals surface area contributed by atoms with E-state index in [1.807, 2.05) is 56.3 Å². The van der Waals surface area contributed by atoms with Crippen LogP contribution in [0.2, 0.25) is 10.0 Å². The highest BCUT2D eigenvalue weighted by atomic mass is 79.9. The summed E-state index contributed by atoms with van der Waals surface area (Å²) >= 11 is 16.3. The number of halogens is 3. The van der Waals surface area contributed by atoms with Crippen molar-refractivity contribution in [3.05, 3.63) is 98.4 Å². The molecule has 5 nitrogen and oxygen atoms in total. The van der Waals surface area contributed by atoms with Gasteiger partial charge in [0.1, 0.15) is 11.8 Å². The molecule has 2 amide bonds. The van der Waals surface area contributed by atoms with Gasteiger partial charge in [0.25, 0.3) is 5.91 Å². The van der Waals surface area contributed by atoms with Gasteiger partial charge in [-0.2, -0.15) is 0 Å². The Hall–Kier alpha value is -2.54. The quantitative estimate of drug-likeness (QED) is 0.308. The zero-order chi connectivity index (χ0) is 25.4. The highest BCUT2D eigenvalue weighted by Crippen LogP contribution is 2.27. The van der Waals surface area contributed by atoms with Crippen molar-refractivity contribution in [3.63, 3.8) is 0 Å². The number of hydrogen-bond acceptors (Lipinski definition) is 3. The molecule has 0 aliphatic carbocycles. The summed E-state index contributed by atoms with van der Waals surface area (Å²) < 4.78 is 6.66. The molecule has 0 fully saturated rings. The second-order valence-electron chi connectivity index (χ2n) is 8.33. The van der Waals surface area contributed by atoms with Gasteiger partial charge in [0, 0.05) is 39.1 Å². The van der Waals surface area contributed by atoms with Crippen LogP contribution >= 0.6 is 39.1 Å². The number of ether oxygens (including phenoxy) is 1. The summed E-state index contributed by atoms with van der Waals surface area (Å²) in [5.41, 5.74) is 1.50. The third kappa shape index (κ3) is 7.99. The summed E-state index contributed by atoms with van der Waals surface area (Å²) in [6.45, 7) is 3.57. The Morgan fingerprint density at radius 2 is 1.57 bits per heavy atom. The number of hydrogen-bond donors (Lipinski definition) is 1. The molecule has 0 saturated heterocycles. The number of rotatable bonds is 10. The standard InChI is InChI=1S/C27H27BrCl2N2O3/c1-18(2)31-27(34)25(15-19-7-4-3-5-8-19)32(16-22-23(29)9-6-10-24(22)30)26(33)17-35-21-13-11-20(28)12-14-21/h3-14,18,25H,15-17H2,1-2H3,(H,31,34)/t25-/m0/s1. The number of benzene rings is 3. The van der Waals surface area contributed by atoms with Gasteiger partial charge < -0.3 is 15.0 Å². The Labute approximate surface area is 224 Å². The maximum atomic E-state index is 13.6. The molecule has 3 rings (SSSR count). The van der Waals surface area contributed by atoms with E-state index in [2.05, 4.69) is 21.2 Å². The van der Waals surface area contributed by atoms with Crippen LogP contribution in [0.1, 0.15) is 25.0 Å². The summed E-state index contributed by atoms with van der Waals surface area (Å²) in [6, 6.07) is 21.0. The van der Waals surface area contributed by atoms with E-state index < -0.39 is 6.04 Å². The van der Waals surface area contributed by atoms with Gasteiger partial charge in [0.05, 0.1) is 0 Å².